The van der Waals surface area contributed by atoms with E-state index in [-0.39, 0.29) is 0 Å². The fraction of sp³-hybridized carbons (Fsp3) is 0.464. The quantitative estimate of drug-likeness (QED) is 0.563. The van der Waals surface area contributed by atoms with Gasteiger partial charge >= 0.3 is 0 Å². The second-order valence-corrected chi connectivity index (χ2v) is 9.80. The van der Waals surface area contributed by atoms with Gasteiger partial charge in [-0.2, -0.15) is 0 Å². The molecule has 2 aromatic carbocycles. The highest BCUT2D eigenvalue weighted by atomic mass is 16.5. The Morgan fingerprint density at radius 2 is 1.69 bits per heavy atom. The molecule has 0 amide bonds. The monoisotopic (exact) mass is 473 g/mol. The molecule has 3 aliphatic heterocycles. The molecule has 0 aliphatic carbocycles. The summed E-state index contributed by atoms with van der Waals surface area (Å²) in [6.07, 6.45) is 2.18. The molecule has 4 heterocycles. The summed E-state index contributed by atoms with van der Waals surface area (Å²) in [4.78, 5) is 12.3. The molecule has 3 aromatic rings. The molecular formula is C28H35N5O2. The number of piperazine rings is 1. The van der Waals surface area contributed by atoms with Crippen LogP contribution in [0, 0.1) is 6.92 Å². The van der Waals surface area contributed by atoms with Crippen LogP contribution in [0.25, 0.3) is 16.8 Å². The molecule has 35 heavy (non-hydrogen) atoms. The second-order valence-electron chi connectivity index (χ2n) is 9.80. The van der Waals surface area contributed by atoms with E-state index in [1.54, 1.807) is 0 Å². The van der Waals surface area contributed by atoms with Gasteiger partial charge in [0.2, 0.25) is 0 Å². The number of benzene rings is 2. The maximum atomic E-state index is 6.18. The summed E-state index contributed by atoms with van der Waals surface area (Å²) in [5, 5.41) is 0. The highest BCUT2D eigenvalue weighted by Crippen LogP contribution is 2.37. The molecule has 184 valence electrons. The van der Waals surface area contributed by atoms with Crippen LogP contribution in [0.3, 0.4) is 0 Å². The van der Waals surface area contributed by atoms with Crippen LogP contribution in [-0.2, 0) is 17.9 Å². The number of hydrogen-bond acceptors (Lipinski definition) is 6. The lowest BCUT2D eigenvalue weighted by Crippen LogP contribution is -2.46. The van der Waals surface area contributed by atoms with Crippen molar-refractivity contribution in [2.45, 2.75) is 27.0 Å². The van der Waals surface area contributed by atoms with Crippen molar-refractivity contribution in [1.82, 2.24) is 19.4 Å². The Kier molecular flexibility index (Phi) is 6.22. The minimum atomic E-state index is 0.501. The van der Waals surface area contributed by atoms with Crippen LogP contribution in [0.5, 0.6) is 5.75 Å². The average Bonchev–Trinajstić information content (AvgIpc) is 3.32. The summed E-state index contributed by atoms with van der Waals surface area (Å²) in [5.74, 6) is 1.90. The van der Waals surface area contributed by atoms with E-state index in [0.29, 0.717) is 6.61 Å². The van der Waals surface area contributed by atoms with Gasteiger partial charge in [-0.3, -0.25) is 9.47 Å². The first kappa shape index (κ1) is 22.6. The Balaban J connectivity index is 1.22. The molecule has 2 fully saturated rings. The zero-order valence-electron chi connectivity index (χ0n) is 20.9. The van der Waals surface area contributed by atoms with Gasteiger partial charge in [0, 0.05) is 57.7 Å². The number of imidazole rings is 1. The molecule has 7 nitrogen and oxygen atoms in total. The van der Waals surface area contributed by atoms with Crippen molar-refractivity contribution in [2.75, 3.05) is 63.9 Å². The van der Waals surface area contributed by atoms with E-state index in [2.05, 4.69) is 75.7 Å². The van der Waals surface area contributed by atoms with Crippen LogP contribution < -0.4 is 9.64 Å². The van der Waals surface area contributed by atoms with Gasteiger partial charge in [-0.1, -0.05) is 19.1 Å². The average molecular weight is 474 g/mol. The van der Waals surface area contributed by atoms with Crippen LogP contribution >= 0.6 is 0 Å². The van der Waals surface area contributed by atoms with Crippen molar-refractivity contribution in [3.8, 4) is 22.6 Å². The van der Waals surface area contributed by atoms with Crippen molar-refractivity contribution in [1.29, 1.82) is 0 Å². The molecule has 0 radical (unpaired) electrons. The normalized spacial score (nSPS) is 18.7. The van der Waals surface area contributed by atoms with E-state index < -0.39 is 0 Å². The van der Waals surface area contributed by atoms with Crippen molar-refractivity contribution in [3.05, 3.63) is 59.7 Å². The summed E-state index contributed by atoms with van der Waals surface area (Å²) in [5.41, 5.74) is 7.19. The molecule has 3 aliphatic rings. The Labute approximate surface area is 207 Å². The minimum Gasteiger partial charge on any atom is -0.483 e. The summed E-state index contributed by atoms with van der Waals surface area (Å²) < 4.78 is 13.9. The van der Waals surface area contributed by atoms with Gasteiger partial charge in [-0.25, -0.2) is 4.98 Å². The first-order valence-corrected chi connectivity index (χ1v) is 12.9. The smallest absolute Gasteiger partial charge is 0.151 e. The molecule has 6 rings (SSSR count). The van der Waals surface area contributed by atoms with E-state index in [4.69, 9.17) is 14.5 Å². The summed E-state index contributed by atoms with van der Waals surface area (Å²) in [6, 6.07) is 13.5. The number of rotatable bonds is 5. The number of likely N-dealkylation sites (N-methyl/N-ethyl adjacent to an activating group) is 1. The zero-order valence-corrected chi connectivity index (χ0v) is 20.9. The lowest BCUT2D eigenvalue weighted by molar-refractivity contribution is 0.0337. The van der Waals surface area contributed by atoms with Crippen molar-refractivity contribution < 1.29 is 9.47 Å². The molecule has 0 saturated carbocycles. The lowest BCUT2D eigenvalue weighted by Gasteiger charge is -2.35. The summed E-state index contributed by atoms with van der Waals surface area (Å²) in [6.45, 7) is 14.9. The van der Waals surface area contributed by atoms with Gasteiger partial charge in [0.25, 0.3) is 0 Å². The molecule has 2 saturated heterocycles. The fourth-order valence-corrected chi connectivity index (χ4v) is 5.45. The molecule has 0 atom stereocenters. The molecule has 1 aromatic heterocycles. The Morgan fingerprint density at radius 1 is 0.914 bits per heavy atom. The van der Waals surface area contributed by atoms with E-state index in [1.165, 1.54) is 22.4 Å². The SMILES string of the molecule is CCN1CCN(c2ccc(-c3cc4c(cc3C)-n3cc(CN5CCOCC5)nc3CO4)cc2)CC1. The Hall–Kier alpha value is -2.87. The molecule has 0 spiro atoms. The number of anilines is 1. The van der Waals surface area contributed by atoms with E-state index in [1.807, 2.05) is 0 Å². The number of nitrogens with zero attached hydrogens (tertiary/aromatic N) is 5. The molecule has 0 N–H and O–H groups in total. The number of fused-ring (bicyclic) bond motifs is 3. The molecule has 0 unspecified atom stereocenters. The van der Waals surface area contributed by atoms with E-state index >= 15 is 0 Å². The van der Waals surface area contributed by atoms with Crippen molar-refractivity contribution in [3.63, 3.8) is 0 Å². The van der Waals surface area contributed by atoms with Crippen LogP contribution in [0.1, 0.15) is 24.0 Å². The maximum Gasteiger partial charge on any atom is 0.151 e. The number of aryl methyl sites for hydroxylation is 1. The highest BCUT2D eigenvalue weighted by Gasteiger charge is 2.23. The third-order valence-electron chi connectivity index (χ3n) is 7.60. The van der Waals surface area contributed by atoms with E-state index in [0.717, 1.165) is 88.5 Å². The van der Waals surface area contributed by atoms with E-state index in [9.17, 15) is 0 Å². The third-order valence-corrected chi connectivity index (χ3v) is 7.60. The van der Waals surface area contributed by atoms with Crippen molar-refractivity contribution in [2.24, 2.45) is 0 Å². The highest BCUT2D eigenvalue weighted by molar-refractivity contribution is 5.74. The van der Waals surface area contributed by atoms with Crippen molar-refractivity contribution >= 4 is 5.69 Å². The van der Waals surface area contributed by atoms with Gasteiger partial charge in [0.15, 0.2) is 5.82 Å². The Morgan fingerprint density at radius 3 is 2.43 bits per heavy atom. The van der Waals surface area contributed by atoms with Gasteiger partial charge in [-0.05, 0) is 54.4 Å². The van der Waals surface area contributed by atoms with Gasteiger partial charge in [-0.15, -0.1) is 0 Å². The van der Waals surface area contributed by atoms with Gasteiger partial charge < -0.3 is 19.3 Å². The largest absolute Gasteiger partial charge is 0.483 e. The fourth-order valence-electron chi connectivity index (χ4n) is 5.45. The van der Waals surface area contributed by atoms with Crippen LogP contribution in [0.15, 0.2) is 42.6 Å². The first-order valence-electron chi connectivity index (χ1n) is 12.9. The molecule has 0 bridgehead atoms. The number of hydrogen-bond donors (Lipinski definition) is 0. The lowest BCUT2D eigenvalue weighted by atomic mass is 9.98. The van der Waals surface area contributed by atoms with Gasteiger partial charge in [0.1, 0.15) is 12.4 Å². The minimum absolute atomic E-state index is 0.501. The Bertz CT molecular complexity index is 1170. The number of ether oxygens (including phenoxy) is 2. The molecular weight excluding hydrogens is 438 g/mol. The van der Waals surface area contributed by atoms with Crippen LogP contribution in [0.4, 0.5) is 5.69 Å². The zero-order chi connectivity index (χ0) is 23.8. The second kappa shape index (κ2) is 9.64. The number of aromatic nitrogens is 2. The summed E-state index contributed by atoms with van der Waals surface area (Å²) >= 11 is 0. The summed E-state index contributed by atoms with van der Waals surface area (Å²) in [7, 11) is 0. The topological polar surface area (TPSA) is 46.0 Å². The predicted molar refractivity (Wildman–Crippen MR) is 138 cm³/mol. The first-order chi connectivity index (χ1) is 17.2. The maximum absolute atomic E-state index is 6.18. The van der Waals surface area contributed by atoms with Crippen LogP contribution in [-0.4, -0.2) is 78.4 Å². The molecule has 7 heteroatoms. The standard InChI is InChI=1S/C28H35N5O2/c1-3-30-8-10-32(11-9-30)24-6-4-22(5-7-24)25-17-27-26(16-21(25)2)33-19-23(29-28(33)20-35-27)18-31-12-14-34-15-13-31/h4-7,16-17,19H,3,8-15,18,20H2,1-2H3. The van der Waals surface area contributed by atoms with Gasteiger partial charge in [0.05, 0.1) is 24.6 Å². The predicted octanol–water partition coefficient (Wildman–Crippen LogP) is 3.71. The number of morpholine rings is 1. The van der Waals surface area contributed by atoms with Crippen LogP contribution in [0.2, 0.25) is 0 Å². The third kappa shape index (κ3) is 4.56.